The topological polar surface area (TPSA) is 70.6 Å². The molecule has 0 saturated heterocycles. The van der Waals surface area contributed by atoms with Gasteiger partial charge in [0.2, 0.25) is 0 Å². The molecular formula is C10H14BrN3O. The van der Waals surface area contributed by atoms with E-state index in [1.807, 2.05) is 31.2 Å². The molecule has 1 aromatic rings. The van der Waals surface area contributed by atoms with Crippen LogP contribution in [0.15, 0.2) is 33.9 Å². The van der Waals surface area contributed by atoms with Gasteiger partial charge in [-0.1, -0.05) is 39.3 Å². The number of nitrogens with zero attached hydrogens (tertiary/aromatic N) is 1. The predicted octanol–water partition coefficient (Wildman–Crippen LogP) is 1.67. The first kappa shape index (κ1) is 12.0. The largest absolute Gasteiger partial charge is 0.409 e. The number of hydrogen-bond donors (Lipinski definition) is 3. The van der Waals surface area contributed by atoms with Gasteiger partial charge in [0.05, 0.1) is 6.04 Å². The number of halogens is 1. The smallest absolute Gasteiger partial charge is 0.156 e. The lowest BCUT2D eigenvalue weighted by Crippen LogP contribution is -2.38. The van der Waals surface area contributed by atoms with Crippen LogP contribution in [0.25, 0.3) is 0 Å². The minimum Gasteiger partial charge on any atom is -0.409 e. The second kappa shape index (κ2) is 5.72. The highest BCUT2D eigenvalue weighted by Crippen LogP contribution is 2.15. The molecule has 1 atom stereocenters. The molecule has 82 valence electrons. The molecule has 15 heavy (non-hydrogen) atoms. The lowest BCUT2D eigenvalue weighted by molar-refractivity contribution is 0.315. The first-order valence-electron chi connectivity index (χ1n) is 4.59. The van der Waals surface area contributed by atoms with Crippen molar-refractivity contribution in [2.24, 2.45) is 10.9 Å². The van der Waals surface area contributed by atoms with Crippen molar-refractivity contribution in [3.63, 3.8) is 0 Å². The van der Waals surface area contributed by atoms with Gasteiger partial charge in [-0.05, 0) is 18.6 Å². The third-order valence-corrected chi connectivity index (χ3v) is 2.89. The number of oxime groups is 1. The van der Waals surface area contributed by atoms with Crippen LogP contribution in [0.5, 0.6) is 0 Å². The zero-order valence-corrected chi connectivity index (χ0v) is 10.0. The lowest BCUT2D eigenvalue weighted by atomic mass is 10.2. The Kier molecular flexibility index (Phi) is 4.58. The maximum absolute atomic E-state index is 8.47. The van der Waals surface area contributed by atoms with Crippen molar-refractivity contribution in [1.82, 2.24) is 5.32 Å². The third-order valence-electron chi connectivity index (χ3n) is 2.12. The Bertz CT molecular complexity index is 354. The van der Waals surface area contributed by atoms with Crippen molar-refractivity contribution < 1.29 is 5.21 Å². The molecule has 0 aliphatic carbocycles. The highest BCUT2D eigenvalue weighted by Gasteiger charge is 2.07. The highest BCUT2D eigenvalue weighted by molar-refractivity contribution is 9.10. The minimum absolute atomic E-state index is 0.151. The van der Waals surface area contributed by atoms with Crippen molar-refractivity contribution in [2.45, 2.75) is 19.5 Å². The van der Waals surface area contributed by atoms with Crippen LogP contribution in [0, 0.1) is 0 Å². The van der Waals surface area contributed by atoms with Crippen molar-refractivity contribution in [1.29, 1.82) is 0 Å². The maximum Gasteiger partial charge on any atom is 0.156 e. The Morgan fingerprint density at radius 3 is 2.87 bits per heavy atom. The van der Waals surface area contributed by atoms with Gasteiger partial charge in [0.1, 0.15) is 0 Å². The van der Waals surface area contributed by atoms with Crippen LogP contribution in [-0.2, 0) is 6.54 Å². The van der Waals surface area contributed by atoms with E-state index in [4.69, 9.17) is 10.9 Å². The average molecular weight is 272 g/mol. The fourth-order valence-electron chi connectivity index (χ4n) is 1.10. The molecule has 1 aromatic carbocycles. The summed E-state index contributed by atoms with van der Waals surface area (Å²) < 4.78 is 1.05. The van der Waals surface area contributed by atoms with Gasteiger partial charge < -0.3 is 16.3 Å². The number of hydrogen-bond acceptors (Lipinski definition) is 3. The SMILES string of the molecule is CC(NCc1ccccc1Br)C(N)=NO. The fourth-order valence-corrected chi connectivity index (χ4v) is 1.52. The van der Waals surface area contributed by atoms with Gasteiger partial charge >= 0.3 is 0 Å². The van der Waals surface area contributed by atoms with Crippen LogP contribution in [0.1, 0.15) is 12.5 Å². The van der Waals surface area contributed by atoms with Gasteiger partial charge in [-0.25, -0.2) is 0 Å². The lowest BCUT2D eigenvalue weighted by Gasteiger charge is -2.12. The number of nitrogens with two attached hydrogens (primary N) is 1. The third kappa shape index (κ3) is 3.53. The van der Waals surface area contributed by atoms with E-state index in [0.29, 0.717) is 6.54 Å². The molecule has 0 saturated carbocycles. The van der Waals surface area contributed by atoms with E-state index in [2.05, 4.69) is 26.4 Å². The van der Waals surface area contributed by atoms with Crippen LogP contribution in [-0.4, -0.2) is 17.1 Å². The number of nitrogens with one attached hydrogen (secondary N) is 1. The van der Waals surface area contributed by atoms with Crippen molar-refractivity contribution in [3.05, 3.63) is 34.3 Å². The molecule has 5 heteroatoms. The molecule has 1 unspecified atom stereocenters. The fraction of sp³-hybridized carbons (Fsp3) is 0.300. The maximum atomic E-state index is 8.47. The van der Waals surface area contributed by atoms with E-state index < -0.39 is 0 Å². The Morgan fingerprint density at radius 1 is 1.60 bits per heavy atom. The number of rotatable bonds is 4. The average Bonchev–Trinajstić information content (AvgIpc) is 2.26. The highest BCUT2D eigenvalue weighted by atomic mass is 79.9. The molecule has 0 fully saturated rings. The second-order valence-corrected chi connectivity index (χ2v) is 4.07. The van der Waals surface area contributed by atoms with Crippen molar-refractivity contribution >= 4 is 21.8 Å². The van der Waals surface area contributed by atoms with Crippen LogP contribution in [0.3, 0.4) is 0 Å². The van der Waals surface area contributed by atoms with Gasteiger partial charge in [-0.3, -0.25) is 0 Å². The monoisotopic (exact) mass is 271 g/mol. The summed E-state index contributed by atoms with van der Waals surface area (Å²) in [6.45, 7) is 2.50. The summed E-state index contributed by atoms with van der Waals surface area (Å²) in [6.07, 6.45) is 0. The zero-order valence-electron chi connectivity index (χ0n) is 8.44. The summed E-state index contributed by atoms with van der Waals surface area (Å²) >= 11 is 3.45. The van der Waals surface area contributed by atoms with Crippen LogP contribution < -0.4 is 11.1 Å². The van der Waals surface area contributed by atoms with Gasteiger partial charge in [-0.15, -0.1) is 0 Å². The summed E-state index contributed by atoms with van der Waals surface area (Å²) in [4.78, 5) is 0. The molecule has 4 nitrogen and oxygen atoms in total. The molecule has 4 N–H and O–H groups in total. The van der Waals surface area contributed by atoms with E-state index in [1.165, 1.54) is 0 Å². The summed E-state index contributed by atoms with van der Waals surface area (Å²) in [5, 5.41) is 14.6. The van der Waals surface area contributed by atoms with E-state index in [9.17, 15) is 0 Å². The standard InChI is InChI=1S/C10H14BrN3O/c1-7(10(12)14-15)13-6-8-4-2-3-5-9(8)11/h2-5,7,13,15H,6H2,1H3,(H2,12,14). The first-order valence-corrected chi connectivity index (χ1v) is 5.38. The predicted molar refractivity (Wildman–Crippen MR) is 63.9 cm³/mol. The molecule has 0 radical (unpaired) electrons. The Balaban J connectivity index is 2.54. The number of amidine groups is 1. The molecule has 1 rings (SSSR count). The quantitative estimate of drug-likeness (QED) is 0.338. The molecule has 0 heterocycles. The van der Waals surface area contributed by atoms with E-state index in [1.54, 1.807) is 0 Å². The van der Waals surface area contributed by atoms with E-state index >= 15 is 0 Å². The van der Waals surface area contributed by atoms with Gasteiger partial charge in [0, 0.05) is 11.0 Å². The molecule has 0 bridgehead atoms. The molecule has 0 aliphatic heterocycles. The zero-order chi connectivity index (χ0) is 11.3. The molecule has 0 amide bonds. The minimum atomic E-state index is -0.151. The molecule has 0 aliphatic rings. The normalized spacial score (nSPS) is 13.9. The molecule has 0 spiro atoms. The van der Waals surface area contributed by atoms with Crippen LogP contribution in [0.2, 0.25) is 0 Å². The Morgan fingerprint density at radius 2 is 2.27 bits per heavy atom. The summed E-state index contributed by atoms with van der Waals surface area (Å²) in [5.41, 5.74) is 6.58. The Labute approximate surface area is 97.3 Å². The van der Waals surface area contributed by atoms with Gasteiger partial charge in [0.25, 0.3) is 0 Å². The van der Waals surface area contributed by atoms with E-state index in [0.717, 1.165) is 10.0 Å². The van der Waals surface area contributed by atoms with Gasteiger partial charge in [-0.2, -0.15) is 0 Å². The molecular weight excluding hydrogens is 258 g/mol. The second-order valence-electron chi connectivity index (χ2n) is 3.22. The summed E-state index contributed by atoms with van der Waals surface area (Å²) in [7, 11) is 0. The van der Waals surface area contributed by atoms with Crippen molar-refractivity contribution in [3.8, 4) is 0 Å². The van der Waals surface area contributed by atoms with E-state index in [-0.39, 0.29) is 11.9 Å². The van der Waals surface area contributed by atoms with Crippen LogP contribution >= 0.6 is 15.9 Å². The summed E-state index contributed by atoms with van der Waals surface area (Å²) in [6, 6.07) is 7.76. The summed E-state index contributed by atoms with van der Waals surface area (Å²) in [5.74, 6) is 0.182. The van der Waals surface area contributed by atoms with Gasteiger partial charge in [0.15, 0.2) is 5.84 Å². The van der Waals surface area contributed by atoms with Crippen LogP contribution in [0.4, 0.5) is 0 Å². The Hall–Kier alpha value is -1.07. The molecule has 0 aromatic heterocycles. The van der Waals surface area contributed by atoms with Crippen molar-refractivity contribution in [2.75, 3.05) is 0 Å². The first-order chi connectivity index (χ1) is 7.15. The number of benzene rings is 1.